The van der Waals surface area contributed by atoms with Gasteiger partial charge in [-0.15, -0.1) is 0 Å². The number of piperidine rings is 1. The van der Waals surface area contributed by atoms with E-state index in [4.69, 9.17) is 9.84 Å². The first-order valence-electron chi connectivity index (χ1n) is 8.15. The van der Waals surface area contributed by atoms with E-state index in [2.05, 4.69) is 10.3 Å². The number of aliphatic carboxylic acids is 1. The number of carbonyl (C=O) groups excluding carboxylic acids is 1. The number of nitrogens with one attached hydrogen (secondary N) is 1. The summed E-state index contributed by atoms with van der Waals surface area (Å²) >= 11 is 0. The standard InChI is InChI=1S/C17H25N3O4/c1-17(2,3)24-14-6-4-5-13(19-14)11-18-16(23)20-9-7-12(8-10-20)15(21)22/h4-6,12H,7-11H2,1-3H3,(H,18,23)(H,21,22). The number of ether oxygens (including phenoxy) is 1. The molecule has 0 unspecified atom stereocenters. The first-order chi connectivity index (χ1) is 11.2. The molecule has 2 rings (SSSR count). The number of nitrogens with zero attached hydrogens (tertiary/aromatic N) is 2. The van der Waals surface area contributed by atoms with Gasteiger partial charge in [-0.2, -0.15) is 0 Å². The number of carbonyl (C=O) groups is 2. The summed E-state index contributed by atoms with van der Waals surface area (Å²) < 4.78 is 5.71. The Bertz CT molecular complexity index is 590. The highest BCUT2D eigenvalue weighted by atomic mass is 16.5. The van der Waals surface area contributed by atoms with Crippen molar-refractivity contribution in [3.8, 4) is 5.88 Å². The first-order valence-corrected chi connectivity index (χ1v) is 8.15. The van der Waals surface area contributed by atoms with Crippen LogP contribution in [-0.4, -0.2) is 45.7 Å². The molecule has 0 aromatic carbocycles. The summed E-state index contributed by atoms with van der Waals surface area (Å²) in [5.41, 5.74) is 0.383. The number of hydrogen-bond acceptors (Lipinski definition) is 4. The molecule has 1 aliphatic rings. The van der Waals surface area contributed by atoms with Gasteiger partial charge in [-0.3, -0.25) is 4.79 Å². The van der Waals surface area contributed by atoms with Gasteiger partial charge in [-0.25, -0.2) is 9.78 Å². The SMILES string of the molecule is CC(C)(C)Oc1cccc(CNC(=O)N2CCC(C(=O)O)CC2)n1. The molecule has 0 spiro atoms. The Balaban J connectivity index is 1.84. The van der Waals surface area contributed by atoms with Crippen LogP contribution in [0, 0.1) is 5.92 Å². The molecule has 0 bridgehead atoms. The third kappa shape index (κ3) is 5.40. The summed E-state index contributed by atoms with van der Waals surface area (Å²) in [5, 5.41) is 11.8. The highest BCUT2D eigenvalue weighted by Gasteiger charge is 2.26. The molecule has 24 heavy (non-hydrogen) atoms. The van der Waals surface area contributed by atoms with Crippen LogP contribution in [-0.2, 0) is 11.3 Å². The van der Waals surface area contributed by atoms with Crippen LogP contribution in [0.1, 0.15) is 39.3 Å². The number of hydrogen-bond donors (Lipinski definition) is 2. The highest BCUT2D eigenvalue weighted by Crippen LogP contribution is 2.18. The number of aromatic nitrogens is 1. The molecule has 2 amide bonds. The fourth-order valence-electron chi connectivity index (χ4n) is 2.53. The van der Waals surface area contributed by atoms with Crippen molar-refractivity contribution in [2.75, 3.05) is 13.1 Å². The molecule has 1 aliphatic heterocycles. The molecule has 1 aromatic rings. The summed E-state index contributed by atoms with van der Waals surface area (Å²) in [6.07, 6.45) is 0.992. The van der Waals surface area contributed by atoms with Crippen LogP contribution < -0.4 is 10.1 Å². The van der Waals surface area contributed by atoms with Crippen molar-refractivity contribution in [3.63, 3.8) is 0 Å². The second kappa shape index (κ2) is 7.51. The Kier molecular flexibility index (Phi) is 5.64. The van der Waals surface area contributed by atoms with Gasteiger partial charge in [0.05, 0.1) is 18.2 Å². The van der Waals surface area contributed by atoms with E-state index in [-0.39, 0.29) is 17.6 Å². The smallest absolute Gasteiger partial charge is 0.317 e. The topological polar surface area (TPSA) is 91.8 Å². The maximum Gasteiger partial charge on any atom is 0.317 e. The quantitative estimate of drug-likeness (QED) is 0.880. The molecule has 0 saturated carbocycles. The van der Waals surface area contributed by atoms with Crippen LogP contribution in [0.3, 0.4) is 0 Å². The van der Waals surface area contributed by atoms with Crippen LogP contribution in [0.4, 0.5) is 4.79 Å². The van der Waals surface area contributed by atoms with Gasteiger partial charge in [0.2, 0.25) is 5.88 Å². The zero-order valence-corrected chi connectivity index (χ0v) is 14.4. The number of amides is 2. The van der Waals surface area contributed by atoms with E-state index in [0.29, 0.717) is 44.0 Å². The third-order valence-electron chi connectivity index (χ3n) is 3.74. The van der Waals surface area contributed by atoms with E-state index in [1.807, 2.05) is 32.9 Å². The Morgan fingerprint density at radius 2 is 2.00 bits per heavy atom. The minimum atomic E-state index is -0.782. The Hall–Kier alpha value is -2.31. The zero-order valence-electron chi connectivity index (χ0n) is 14.4. The van der Waals surface area contributed by atoms with Crippen molar-refractivity contribution in [2.24, 2.45) is 5.92 Å². The average molecular weight is 335 g/mol. The van der Waals surface area contributed by atoms with Crippen LogP contribution in [0.25, 0.3) is 0 Å². The molecule has 1 fully saturated rings. The zero-order chi connectivity index (χ0) is 17.7. The van der Waals surface area contributed by atoms with Gasteiger partial charge in [0.25, 0.3) is 0 Å². The fraction of sp³-hybridized carbons (Fsp3) is 0.588. The van der Waals surface area contributed by atoms with E-state index in [9.17, 15) is 9.59 Å². The van der Waals surface area contributed by atoms with Crippen molar-refractivity contribution < 1.29 is 19.4 Å². The van der Waals surface area contributed by atoms with Crippen molar-refractivity contribution in [1.29, 1.82) is 0 Å². The van der Waals surface area contributed by atoms with Gasteiger partial charge >= 0.3 is 12.0 Å². The fourth-order valence-corrected chi connectivity index (χ4v) is 2.53. The molecule has 2 heterocycles. The van der Waals surface area contributed by atoms with Gasteiger partial charge in [-0.05, 0) is 39.7 Å². The Morgan fingerprint density at radius 1 is 1.33 bits per heavy atom. The number of rotatable bonds is 4. The van der Waals surface area contributed by atoms with Gasteiger partial charge in [0, 0.05) is 19.2 Å². The highest BCUT2D eigenvalue weighted by molar-refractivity contribution is 5.75. The van der Waals surface area contributed by atoms with E-state index < -0.39 is 5.97 Å². The lowest BCUT2D eigenvalue weighted by Gasteiger charge is -2.30. The van der Waals surface area contributed by atoms with Crippen LogP contribution in [0.15, 0.2) is 18.2 Å². The Morgan fingerprint density at radius 3 is 2.58 bits per heavy atom. The number of pyridine rings is 1. The van der Waals surface area contributed by atoms with E-state index in [1.54, 1.807) is 11.0 Å². The number of likely N-dealkylation sites (tertiary alicyclic amines) is 1. The summed E-state index contributed by atoms with van der Waals surface area (Å²) in [6.45, 7) is 7.07. The Labute approximate surface area is 142 Å². The molecular formula is C17H25N3O4. The van der Waals surface area contributed by atoms with E-state index >= 15 is 0 Å². The van der Waals surface area contributed by atoms with E-state index in [1.165, 1.54) is 0 Å². The molecule has 0 radical (unpaired) electrons. The minimum absolute atomic E-state index is 0.192. The predicted molar refractivity (Wildman–Crippen MR) is 88.8 cm³/mol. The van der Waals surface area contributed by atoms with Gasteiger partial charge in [0.1, 0.15) is 5.60 Å². The molecule has 0 aliphatic carbocycles. The maximum absolute atomic E-state index is 12.2. The van der Waals surface area contributed by atoms with E-state index in [0.717, 1.165) is 0 Å². The van der Waals surface area contributed by atoms with Gasteiger partial charge < -0.3 is 20.1 Å². The largest absolute Gasteiger partial charge is 0.481 e. The molecule has 1 aromatic heterocycles. The van der Waals surface area contributed by atoms with Crippen molar-refractivity contribution >= 4 is 12.0 Å². The first kappa shape index (κ1) is 18.0. The van der Waals surface area contributed by atoms with Gasteiger partial charge in [0.15, 0.2) is 0 Å². The third-order valence-corrected chi connectivity index (χ3v) is 3.74. The van der Waals surface area contributed by atoms with Crippen LogP contribution >= 0.6 is 0 Å². The number of urea groups is 1. The van der Waals surface area contributed by atoms with Crippen molar-refractivity contribution in [1.82, 2.24) is 15.2 Å². The molecule has 7 nitrogen and oxygen atoms in total. The molecule has 0 atom stereocenters. The molecule has 7 heteroatoms. The summed E-state index contributed by atoms with van der Waals surface area (Å²) in [5.74, 6) is -0.603. The normalized spacial score (nSPS) is 15.9. The number of carboxylic acid groups (broad SMARTS) is 1. The second-order valence-electron chi connectivity index (χ2n) is 6.94. The lowest BCUT2D eigenvalue weighted by atomic mass is 9.97. The second-order valence-corrected chi connectivity index (χ2v) is 6.94. The molecular weight excluding hydrogens is 310 g/mol. The average Bonchev–Trinajstić information content (AvgIpc) is 2.51. The van der Waals surface area contributed by atoms with Crippen LogP contribution in [0.5, 0.6) is 5.88 Å². The lowest BCUT2D eigenvalue weighted by molar-refractivity contribution is -0.143. The van der Waals surface area contributed by atoms with Crippen molar-refractivity contribution in [3.05, 3.63) is 23.9 Å². The predicted octanol–water partition coefficient (Wildman–Crippen LogP) is 2.27. The summed E-state index contributed by atoms with van der Waals surface area (Å²) in [6, 6.07) is 5.26. The maximum atomic E-state index is 12.2. The summed E-state index contributed by atoms with van der Waals surface area (Å²) in [7, 11) is 0. The van der Waals surface area contributed by atoms with Crippen molar-refractivity contribution in [2.45, 2.75) is 45.8 Å². The summed E-state index contributed by atoms with van der Waals surface area (Å²) in [4.78, 5) is 29.1. The van der Waals surface area contributed by atoms with Gasteiger partial charge in [-0.1, -0.05) is 6.07 Å². The molecule has 2 N–H and O–H groups in total. The van der Waals surface area contributed by atoms with Crippen LogP contribution in [0.2, 0.25) is 0 Å². The molecule has 1 saturated heterocycles. The molecule has 132 valence electrons. The lowest BCUT2D eigenvalue weighted by Crippen LogP contribution is -2.45. The number of carboxylic acids is 1. The monoisotopic (exact) mass is 335 g/mol. The minimum Gasteiger partial charge on any atom is -0.481 e.